The molecule has 272 valence electrons. The first kappa shape index (κ1) is 39.5. The molecule has 2 atom stereocenters. The fourth-order valence-electron chi connectivity index (χ4n) is 5.94. The van der Waals surface area contributed by atoms with Gasteiger partial charge in [0.05, 0.1) is 23.0 Å². The molecule has 0 aliphatic carbocycles. The van der Waals surface area contributed by atoms with Gasteiger partial charge in [-0.05, 0) is 96.6 Å². The zero-order valence-corrected chi connectivity index (χ0v) is 31.5. The molecule has 0 saturated heterocycles. The van der Waals surface area contributed by atoms with Crippen LogP contribution in [-0.4, -0.2) is 44.2 Å². The average molecular weight is 714 g/mol. The number of rotatable bonds is 15. The van der Waals surface area contributed by atoms with Crippen LogP contribution in [0.25, 0.3) is 0 Å². The molecule has 0 aliphatic rings. The van der Waals surface area contributed by atoms with Crippen molar-refractivity contribution in [2.45, 2.75) is 95.4 Å². The minimum absolute atomic E-state index is 0.0167. The quantitative estimate of drug-likeness (QED) is 0.0570. The molecular weight excluding hydrogens is 663 g/mol. The summed E-state index contributed by atoms with van der Waals surface area (Å²) in [6.07, 6.45) is 0.439. The highest BCUT2D eigenvalue weighted by Crippen LogP contribution is 2.38. The van der Waals surface area contributed by atoms with E-state index in [-0.39, 0.29) is 30.8 Å². The number of hydrogen-bond donors (Lipinski definition) is 1. The monoisotopic (exact) mass is 713 g/mol. The lowest BCUT2D eigenvalue weighted by molar-refractivity contribution is -0.163. The third kappa shape index (κ3) is 11.1. The highest BCUT2D eigenvalue weighted by Gasteiger charge is 2.42. The van der Waals surface area contributed by atoms with Crippen molar-refractivity contribution in [3.63, 3.8) is 0 Å². The molecular formula is C42H51NO7S. The van der Waals surface area contributed by atoms with E-state index in [2.05, 4.69) is 5.32 Å². The molecule has 0 bridgehead atoms. The van der Waals surface area contributed by atoms with Crippen LogP contribution in [0.4, 0.5) is 0 Å². The van der Waals surface area contributed by atoms with E-state index in [1.807, 2.05) is 97.9 Å². The second-order valence-electron chi connectivity index (χ2n) is 14.8. The third-order valence-corrected chi connectivity index (χ3v) is 9.53. The van der Waals surface area contributed by atoms with Crippen LogP contribution in [0, 0.1) is 12.8 Å². The first-order chi connectivity index (χ1) is 24.0. The molecule has 0 spiro atoms. The first-order valence-corrected chi connectivity index (χ1v) is 18.8. The van der Waals surface area contributed by atoms with Crippen LogP contribution in [0.15, 0.2) is 120 Å². The van der Waals surface area contributed by atoms with E-state index in [9.17, 15) is 18.0 Å². The zero-order chi connectivity index (χ0) is 37.3. The standard InChI is InChI=1S/C42H51NO7S/c1-31-25-27-36(28-26-31)51(46,47)48-29-17-18-32(38(44)49-40(2,3)4)30-37(39(45)50-41(5,6)7)43-42(33-19-11-8-12-20-33,34-21-13-9-14-22-34)35-23-15-10-16-24-35/h8-16,19-28,32,37,43H,17-18,29-30H2,1-7H3/t32?,37-/m0/s1. The highest BCUT2D eigenvalue weighted by atomic mass is 32.2. The Morgan fingerprint density at radius 1 is 0.647 bits per heavy atom. The number of nitrogens with one attached hydrogen (secondary N) is 1. The van der Waals surface area contributed by atoms with Crippen molar-refractivity contribution in [2.75, 3.05) is 6.61 Å². The average Bonchev–Trinajstić information content (AvgIpc) is 3.07. The summed E-state index contributed by atoms with van der Waals surface area (Å²) in [4.78, 5) is 28.2. The van der Waals surface area contributed by atoms with Gasteiger partial charge >= 0.3 is 11.9 Å². The summed E-state index contributed by atoms with van der Waals surface area (Å²) in [7, 11) is -4.00. The number of benzene rings is 4. The van der Waals surface area contributed by atoms with Crippen LogP contribution >= 0.6 is 0 Å². The van der Waals surface area contributed by atoms with Crippen LogP contribution < -0.4 is 5.32 Å². The lowest BCUT2D eigenvalue weighted by atomic mass is 9.76. The fourth-order valence-corrected chi connectivity index (χ4v) is 6.88. The molecule has 4 aromatic carbocycles. The van der Waals surface area contributed by atoms with Crippen LogP contribution in [0.2, 0.25) is 0 Å². The molecule has 0 aromatic heterocycles. The SMILES string of the molecule is Cc1ccc(S(=O)(=O)OCCCC(C[C@H](NC(c2ccccc2)(c2ccccc2)c2ccccc2)C(=O)OC(C)(C)C)C(=O)OC(C)(C)C)cc1. The van der Waals surface area contributed by atoms with Gasteiger partial charge in [-0.15, -0.1) is 0 Å². The molecule has 0 fully saturated rings. The summed E-state index contributed by atoms with van der Waals surface area (Å²) in [5.41, 5.74) is 0.953. The molecule has 8 nitrogen and oxygen atoms in total. The van der Waals surface area contributed by atoms with Gasteiger partial charge < -0.3 is 9.47 Å². The van der Waals surface area contributed by atoms with Gasteiger partial charge in [-0.1, -0.05) is 109 Å². The van der Waals surface area contributed by atoms with Gasteiger partial charge in [0.15, 0.2) is 0 Å². The van der Waals surface area contributed by atoms with Crippen molar-refractivity contribution in [1.82, 2.24) is 5.32 Å². The number of aryl methyl sites for hydroxylation is 1. The first-order valence-electron chi connectivity index (χ1n) is 17.4. The van der Waals surface area contributed by atoms with Crippen LogP contribution in [0.1, 0.15) is 83.1 Å². The fraction of sp³-hybridized carbons (Fsp3) is 0.381. The summed E-state index contributed by atoms with van der Waals surface area (Å²) in [5.74, 6) is -1.83. The molecule has 1 unspecified atom stereocenters. The van der Waals surface area contributed by atoms with Crippen molar-refractivity contribution >= 4 is 22.1 Å². The Labute approximate surface area is 303 Å². The van der Waals surface area contributed by atoms with Crippen molar-refractivity contribution in [2.24, 2.45) is 5.92 Å². The Kier molecular flexibility index (Phi) is 13.0. The van der Waals surface area contributed by atoms with E-state index >= 15 is 0 Å². The van der Waals surface area contributed by atoms with Crippen molar-refractivity contribution in [3.05, 3.63) is 138 Å². The third-order valence-electron chi connectivity index (χ3n) is 8.21. The maximum atomic E-state index is 14.3. The van der Waals surface area contributed by atoms with Crippen molar-refractivity contribution in [3.8, 4) is 0 Å². The van der Waals surface area contributed by atoms with Crippen molar-refractivity contribution in [1.29, 1.82) is 0 Å². The Bertz CT molecular complexity index is 1720. The van der Waals surface area contributed by atoms with Crippen LogP contribution in [0.3, 0.4) is 0 Å². The van der Waals surface area contributed by atoms with E-state index < -0.39 is 50.8 Å². The number of ether oxygens (including phenoxy) is 2. The van der Waals surface area contributed by atoms with Gasteiger partial charge in [0.2, 0.25) is 0 Å². The molecule has 0 aliphatic heterocycles. The van der Waals surface area contributed by atoms with Crippen LogP contribution in [-0.2, 0) is 38.9 Å². The molecule has 0 saturated carbocycles. The van der Waals surface area contributed by atoms with E-state index in [4.69, 9.17) is 13.7 Å². The molecule has 4 rings (SSSR count). The van der Waals surface area contributed by atoms with Crippen LogP contribution in [0.5, 0.6) is 0 Å². The van der Waals surface area contributed by atoms with Gasteiger partial charge in [-0.3, -0.25) is 19.1 Å². The van der Waals surface area contributed by atoms with Crippen molar-refractivity contribution < 1.29 is 31.7 Å². The minimum Gasteiger partial charge on any atom is -0.460 e. The smallest absolute Gasteiger partial charge is 0.323 e. The molecule has 0 heterocycles. The molecule has 0 amide bonds. The number of esters is 2. The predicted octanol–water partition coefficient (Wildman–Crippen LogP) is 8.12. The van der Waals surface area contributed by atoms with E-state index in [0.717, 1.165) is 22.3 Å². The van der Waals surface area contributed by atoms with Gasteiger partial charge in [-0.2, -0.15) is 8.42 Å². The number of carbonyl (C=O) groups excluding carboxylic acids is 2. The Hall–Kier alpha value is -4.31. The minimum atomic E-state index is -4.00. The molecule has 4 aromatic rings. The number of carbonyl (C=O) groups is 2. The summed E-state index contributed by atoms with van der Waals surface area (Å²) in [6, 6.07) is 35.0. The largest absolute Gasteiger partial charge is 0.460 e. The maximum absolute atomic E-state index is 14.3. The predicted molar refractivity (Wildman–Crippen MR) is 199 cm³/mol. The second-order valence-corrected chi connectivity index (χ2v) is 16.4. The molecule has 1 N–H and O–H groups in total. The molecule has 51 heavy (non-hydrogen) atoms. The Balaban J connectivity index is 1.74. The molecule has 9 heteroatoms. The lowest BCUT2D eigenvalue weighted by Gasteiger charge is -2.40. The highest BCUT2D eigenvalue weighted by molar-refractivity contribution is 7.86. The normalized spacial score (nSPS) is 13.6. The maximum Gasteiger partial charge on any atom is 0.323 e. The summed E-state index contributed by atoms with van der Waals surface area (Å²) in [6.45, 7) is 12.5. The zero-order valence-electron chi connectivity index (χ0n) is 30.7. The summed E-state index contributed by atoms with van der Waals surface area (Å²) >= 11 is 0. The Morgan fingerprint density at radius 2 is 1.08 bits per heavy atom. The number of hydrogen-bond acceptors (Lipinski definition) is 8. The van der Waals surface area contributed by atoms with Gasteiger partial charge in [0, 0.05) is 0 Å². The van der Waals surface area contributed by atoms with Gasteiger partial charge in [-0.25, -0.2) is 0 Å². The van der Waals surface area contributed by atoms with E-state index in [0.29, 0.717) is 0 Å². The van der Waals surface area contributed by atoms with Gasteiger partial charge in [0.25, 0.3) is 10.1 Å². The van der Waals surface area contributed by atoms with E-state index in [1.54, 1.807) is 53.7 Å². The van der Waals surface area contributed by atoms with E-state index in [1.165, 1.54) is 12.1 Å². The topological polar surface area (TPSA) is 108 Å². The lowest BCUT2D eigenvalue weighted by Crippen LogP contribution is -2.54. The summed E-state index contributed by atoms with van der Waals surface area (Å²) in [5, 5.41) is 3.72. The Morgan fingerprint density at radius 3 is 1.51 bits per heavy atom. The molecule has 0 radical (unpaired) electrons. The summed E-state index contributed by atoms with van der Waals surface area (Å²) < 4.78 is 43.0. The van der Waals surface area contributed by atoms with Gasteiger partial charge in [0.1, 0.15) is 17.2 Å². The second kappa shape index (κ2) is 16.8.